The van der Waals surface area contributed by atoms with Crippen LogP contribution in [0.15, 0.2) is 36.4 Å². The first-order valence-corrected chi connectivity index (χ1v) is 6.62. The Hall–Kier alpha value is -1.78. The molecule has 0 saturated heterocycles. The molecule has 2 atom stereocenters. The minimum atomic E-state index is -0.325. The van der Waals surface area contributed by atoms with Gasteiger partial charge < -0.3 is 15.6 Å². The first-order valence-electron chi connectivity index (χ1n) is 6.24. The third kappa shape index (κ3) is 2.32. The summed E-state index contributed by atoms with van der Waals surface area (Å²) in [6, 6.07) is 8.95. The molecule has 1 aliphatic rings. The number of phenols is 1. The summed E-state index contributed by atoms with van der Waals surface area (Å²) in [7, 11) is 0. The summed E-state index contributed by atoms with van der Waals surface area (Å²) < 4.78 is 19.1. The Morgan fingerprint density at radius 2 is 2.05 bits per heavy atom. The van der Waals surface area contributed by atoms with Gasteiger partial charge >= 0.3 is 0 Å². The van der Waals surface area contributed by atoms with Crippen molar-refractivity contribution in [2.24, 2.45) is 5.73 Å². The molecular weight excluding hydrogens is 281 g/mol. The third-order valence-electron chi connectivity index (χ3n) is 3.45. The molecule has 0 saturated carbocycles. The molecule has 1 unspecified atom stereocenters. The van der Waals surface area contributed by atoms with Crippen LogP contribution in [0.1, 0.15) is 29.7 Å². The summed E-state index contributed by atoms with van der Waals surface area (Å²) in [6.07, 6.45) is 0.262. The van der Waals surface area contributed by atoms with Gasteiger partial charge in [0.15, 0.2) is 0 Å². The molecule has 0 aromatic heterocycles. The fourth-order valence-corrected chi connectivity index (χ4v) is 2.59. The van der Waals surface area contributed by atoms with Crippen molar-refractivity contribution < 1.29 is 14.2 Å². The molecule has 5 heteroatoms. The van der Waals surface area contributed by atoms with E-state index < -0.39 is 0 Å². The monoisotopic (exact) mass is 293 g/mol. The van der Waals surface area contributed by atoms with Crippen molar-refractivity contribution in [1.82, 2.24) is 0 Å². The molecule has 1 heterocycles. The van der Waals surface area contributed by atoms with E-state index in [1.54, 1.807) is 18.2 Å². The molecule has 104 valence electrons. The van der Waals surface area contributed by atoms with Crippen LogP contribution < -0.4 is 10.5 Å². The van der Waals surface area contributed by atoms with Crippen LogP contribution in [0, 0.1) is 5.82 Å². The van der Waals surface area contributed by atoms with Crippen LogP contribution in [0.2, 0.25) is 5.02 Å². The average Bonchev–Trinajstić information content (AvgIpc) is 2.42. The van der Waals surface area contributed by atoms with Crippen molar-refractivity contribution in [2.45, 2.75) is 18.6 Å². The zero-order valence-corrected chi connectivity index (χ0v) is 11.3. The highest BCUT2D eigenvalue weighted by atomic mass is 35.5. The predicted octanol–water partition coefficient (Wildman–Crippen LogP) is 3.71. The number of phenolic OH excluding ortho intramolecular Hbond substituents is 1. The lowest BCUT2D eigenvalue weighted by Crippen LogP contribution is -2.24. The molecule has 20 heavy (non-hydrogen) atoms. The molecule has 3 nitrogen and oxygen atoms in total. The zero-order valence-electron chi connectivity index (χ0n) is 10.5. The van der Waals surface area contributed by atoms with Crippen LogP contribution in [0.25, 0.3) is 0 Å². The minimum Gasteiger partial charge on any atom is -0.506 e. The van der Waals surface area contributed by atoms with Crippen LogP contribution in [0.3, 0.4) is 0 Å². The maximum atomic E-state index is 13.2. The second-order valence-electron chi connectivity index (χ2n) is 4.84. The summed E-state index contributed by atoms with van der Waals surface area (Å²) >= 11 is 5.90. The van der Waals surface area contributed by atoms with Crippen molar-refractivity contribution >= 4 is 11.6 Å². The standard InChI is InChI=1S/C15H13ClFNO2/c16-11-5-8(1-3-13(11)19)15-7-12(18)10-6-9(17)2-4-14(10)20-15/h1-6,12,15,19H,7,18H2/t12-,15?/m1/s1. The fraction of sp³-hybridized carbons (Fsp3) is 0.200. The third-order valence-corrected chi connectivity index (χ3v) is 3.75. The second-order valence-corrected chi connectivity index (χ2v) is 5.25. The molecule has 0 amide bonds. The van der Waals surface area contributed by atoms with E-state index in [1.165, 1.54) is 18.2 Å². The number of rotatable bonds is 1. The Labute approximate surface area is 120 Å². The molecule has 0 fully saturated rings. The molecule has 3 rings (SSSR count). The van der Waals surface area contributed by atoms with E-state index in [2.05, 4.69) is 0 Å². The lowest BCUT2D eigenvalue weighted by atomic mass is 9.93. The van der Waals surface area contributed by atoms with Gasteiger partial charge in [-0.1, -0.05) is 17.7 Å². The molecule has 0 aliphatic carbocycles. The molecule has 0 bridgehead atoms. The van der Waals surface area contributed by atoms with Crippen LogP contribution in [-0.2, 0) is 0 Å². The Morgan fingerprint density at radius 3 is 2.80 bits per heavy atom. The summed E-state index contributed by atoms with van der Waals surface area (Å²) in [5.74, 6) is 0.284. The molecule has 2 aromatic rings. The summed E-state index contributed by atoms with van der Waals surface area (Å²) in [4.78, 5) is 0. The molecule has 3 N–H and O–H groups in total. The van der Waals surface area contributed by atoms with Gasteiger partial charge in [0.05, 0.1) is 5.02 Å². The zero-order chi connectivity index (χ0) is 14.3. The quantitative estimate of drug-likeness (QED) is 0.843. The van der Waals surface area contributed by atoms with Gasteiger partial charge in [-0.2, -0.15) is 0 Å². The molecule has 0 spiro atoms. The Balaban J connectivity index is 1.94. The number of benzene rings is 2. The summed E-state index contributed by atoms with van der Waals surface area (Å²) in [5, 5.41) is 9.71. The highest BCUT2D eigenvalue weighted by Crippen LogP contribution is 2.41. The topological polar surface area (TPSA) is 55.5 Å². The number of ether oxygens (including phenoxy) is 1. The smallest absolute Gasteiger partial charge is 0.134 e. The van der Waals surface area contributed by atoms with E-state index in [9.17, 15) is 9.50 Å². The molecule has 2 aromatic carbocycles. The largest absolute Gasteiger partial charge is 0.506 e. The van der Waals surface area contributed by atoms with Crippen molar-refractivity contribution in [3.8, 4) is 11.5 Å². The lowest BCUT2D eigenvalue weighted by Gasteiger charge is -2.30. The number of hydrogen-bond donors (Lipinski definition) is 2. The maximum Gasteiger partial charge on any atom is 0.134 e. The summed E-state index contributed by atoms with van der Waals surface area (Å²) in [6.45, 7) is 0. The summed E-state index contributed by atoms with van der Waals surface area (Å²) in [5.41, 5.74) is 7.59. The Morgan fingerprint density at radius 1 is 1.25 bits per heavy atom. The SMILES string of the molecule is N[C@@H]1CC(c2ccc(O)c(Cl)c2)Oc2ccc(F)cc21. The fourth-order valence-electron chi connectivity index (χ4n) is 2.40. The Kier molecular flexibility index (Phi) is 3.28. The number of nitrogens with two attached hydrogens (primary N) is 1. The van der Waals surface area contributed by atoms with Gasteiger partial charge in [0.1, 0.15) is 23.4 Å². The molecule has 1 aliphatic heterocycles. The maximum absolute atomic E-state index is 13.2. The van der Waals surface area contributed by atoms with Crippen molar-refractivity contribution in [3.63, 3.8) is 0 Å². The molecule has 0 radical (unpaired) electrons. The first-order chi connectivity index (χ1) is 9.54. The lowest BCUT2D eigenvalue weighted by molar-refractivity contribution is 0.161. The van der Waals surface area contributed by atoms with Crippen molar-refractivity contribution in [1.29, 1.82) is 0 Å². The van der Waals surface area contributed by atoms with E-state index in [1.807, 2.05) is 0 Å². The first kappa shape index (κ1) is 13.2. The molecular formula is C15H13ClFNO2. The van der Waals surface area contributed by atoms with Crippen LogP contribution in [0.5, 0.6) is 11.5 Å². The van der Waals surface area contributed by atoms with E-state index in [0.717, 1.165) is 5.56 Å². The number of halogens is 2. The number of hydrogen-bond acceptors (Lipinski definition) is 3. The van der Waals surface area contributed by atoms with Gasteiger partial charge in [0, 0.05) is 18.0 Å². The van der Waals surface area contributed by atoms with Gasteiger partial charge in [-0.25, -0.2) is 4.39 Å². The second kappa shape index (κ2) is 4.96. The van der Waals surface area contributed by atoms with E-state index in [-0.39, 0.29) is 28.7 Å². The number of aromatic hydroxyl groups is 1. The van der Waals surface area contributed by atoms with E-state index in [4.69, 9.17) is 22.1 Å². The average molecular weight is 294 g/mol. The van der Waals surface area contributed by atoms with E-state index in [0.29, 0.717) is 17.7 Å². The predicted molar refractivity (Wildman–Crippen MR) is 74.4 cm³/mol. The van der Waals surface area contributed by atoms with Gasteiger partial charge in [-0.3, -0.25) is 0 Å². The highest BCUT2D eigenvalue weighted by molar-refractivity contribution is 6.32. The van der Waals surface area contributed by atoms with Crippen molar-refractivity contribution in [3.05, 3.63) is 58.4 Å². The van der Waals surface area contributed by atoms with Gasteiger partial charge in [0.2, 0.25) is 0 Å². The van der Waals surface area contributed by atoms with Crippen LogP contribution >= 0.6 is 11.6 Å². The number of fused-ring (bicyclic) bond motifs is 1. The van der Waals surface area contributed by atoms with Gasteiger partial charge in [0.25, 0.3) is 0 Å². The van der Waals surface area contributed by atoms with Crippen LogP contribution in [-0.4, -0.2) is 5.11 Å². The van der Waals surface area contributed by atoms with Crippen LogP contribution in [0.4, 0.5) is 4.39 Å². The Bertz CT molecular complexity index is 662. The van der Waals surface area contributed by atoms with Gasteiger partial charge in [-0.15, -0.1) is 0 Å². The highest BCUT2D eigenvalue weighted by Gasteiger charge is 2.27. The normalized spacial score (nSPS) is 21.1. The van der Waals surface area contributed by atoms with Crippen molar-refractivity contribution in [2.75, 3.05) is 0 Å². The van der Waals surface area contributed by atoms with Gasteiger partial charge in [-0.05, 0) is 35.9 Å². The minimum absolute atomic E-state index is 0.0259. The van der Waals surface area contributed by atoms with E-state index >= 15 is 0 Å².